The summed E-state index contributed by atoms with van der Waals surface area (Å²) in [5.41, 5.74) is 1.07. The van der Waals surface area contributed by atoms with Gasteiger partial charge in [0.25, 0.3) is 5.91 Å². The van der Waals surface area contributed by atoms with Gasteiger partial charge in [0.05, 0.1) is 12.2 Å². The second kappa shape index (κ2) is 10.5. The number of esters is 1. The van der Waals surface area contributed by atoms with Crippen LogP contribution in [0.1, 0.15) is 41.9 Å². The molecule has 32 heavy (non-hydrogen) atoms. The van der Waals surface area contributed by atoms with Crippen LogP contribution in [0.2, 0.25) is 0 Å². The van der Waals surface area contributed by atoms with Gasteiger partial charge in [0.1, 0.15) is 28.2 Å². The fourth-order valence-corrected chi connectivity index (χ4v) is 3.71. The Balaban J connectivity index is 1.70. The van der Waals surface area contributed by atoms with Gasteiger partial charge >= 0.3 is 5.97 Å². The summed E-state index contributed by atoms with van der Waals surface area (Å²) >= 11 is 1.28. The number of ether oxygens (including phenoxy) is 1. The SMILES string of the molecule is CCOC(=O)c1ccc(-c2ccc(/C=C(/C#N)C(=O)Nc3nnc(CC(C)C)s3)o2)cc1. The molecule has 2 aromatic heterocycles. The summed E-state index contributed by atoms with van der Waals surface area (Å²) in [6.45, 7) is 6.20. The molecule has 0 unspecified atom stereocenters. The van der Waals surface area contributed by atoms with E-state index in [2.05, 4.69) is 29.4 Å². The third-order valence-electron chi connectivity index (χ3n) is 4.23. The lowest BCUT2D eigenvalue weighted by Crippen LogP contribution is -2.13. The van der Waals surface area contributed by atoms with E-state index in [0.29, 0.717) is 34.7 Å². The van der Waals surface area contributed by atoms with Crippen molar-refractivity contribution < 1.29 is 18.7 Å². The number of furan rings is 1. The summed E-state index contributed by atoms with van der Waals surface area (Å²) in [6.07, 6.45) is 2.13. The zero-order valence-electron chi connectivity index (χ0n) is 17.9. The molecule has 0 spiro atoms. The zero-order chi connectivity index (χ0) is 23.1. The number of benzene rings is 1. The summed E-state index contributed by atoms with van der Waals surface area (Å²) in [7, 11) is 0. The van der Waals surface area contributed by atoms with Crippen LogP contribution < -0.4 is 5.32 Å². The minimum Gasteiger partial charge on any atom is -0.462 e. The van der Waals surface area contributed by atoms with Crippen molar-refractivity contribution in [1.82, 2.24) is 10.2 Å². The summed E-state index contributed by atoms with van der Waals surface area (Å²) in [5, 5.41) is 21.2. The number of aromatic nitrogens is 2. The maximum atomic E-state index is 12.5. The molecule has 164 valence electrons. The molecule has 0 bridgehead atoms. The van der Waals surface area contributed by atoms with E-state index >= 15 is 0 Å². The third-order valence-corrected chi connectivity index (χ3v) is 5.09. The Morgan fingerprint density at radius 2 is 1.97 bits per heavy atom. The van der Waals surface area contributed by atoms with Crippen LogP contribution in [0.15, 0.2) is 46.4 Å². The molecule has 0 saturated carbocycles. The Hall–Kier alpha value is -3.77. The lowest BCUT2D eigenvalue weighted by molar-refractivity contribution is -0.112. The highest BCUT2D eigenvalue weighted by molar-refractivity contribution is 7.15. The molecule has 3 aromatic rings. The van der Waals surface area contributed by atoms with Crippen LogP contribution in [0.4, 0.5) is 5.13 Å². The highest BCUT2D eigenvalue weighted by Crippen LogP contribution is 2.25. The van der Waals surface area contributed by atoms with Gasteiger partial charge in [0.2, 0.25) is 5.13 Å². The average Bonchev–Trinajstić information content (AvgIpc) is 3.41. The normalized spacial score (nSPS) is 11.3. The highest BCUT2D eigenvalue weighted by Gasteiger charge is 2.15. The number of anilines is 1. The third kappa shape index (κ3) is 5.89. The number of amides is 1. The largest absolute Gasteiger partial charge is 0.462 e. The molecule has 0 saturated heterocycles. The van der Waals surface area contributed by atoms with Crippen LogP contribution in [0.25, 0.3) is 17.4 Å². The predicted molar refractivity (Wildman–Crippen MR) is 121 cm³/mol. The molecule has 3 rings (SSSR count). The van der Waals surface area contributed by atoms with Crippen LogP contribution in [0, 0.1) is 17.2 Å². The number of carbonyl (C=O) groups is 2. The lowest BCUT2D eigenvalue weighted by atomic mass is 10.1. The Labute approximate surface area is 189 Å². The van der Waals surface area contributed by atoms with Crippen molar-refractivity contribution in [3.8, 4) is 17.4 Å². The second-order valence-corrected chi connectivity index (χ2v) is 8.28. The molecule has 0 fully saturated rings. The number of rotatable bonds is 8. The number of carbonyl (C=O) groups excluding carboxylic acids is 2. The van der Waals surface area contributed by atoms with Crippen LogP contribution >= 0.6 is 11.3 Å². The summed E-state index contributed by atoms with van der Waals surface area (Å²) in [5.74, 6) is 0.330. The minimum atomic E-state index is -0.587. The summed E-state index contributed by atoms with van der Waals surface area (Å²) in [4.78, 5) is 24.2. The molecule has 1 amide bonds. The molecule has 9 heteroatoms. The van der Waals surface area contributed by atoms with Crippen LogP contribution in [-0.2, 0) is 16.0 Å². The van der Waals surface area contributed by atoms with Gasteiger partial charge in [-0.3, -0.25) is 10.1 Å². The Kier molecular flexibility index (Phi) is 7.52. The van der Waals surface area contributed by atoms with Gasteiger partial charge in [-0.1, -0.05) is 37.3 Å². The van der Waals surface area contributed by atoms with E-state index in [1.165, 1.54) is 17.4 Å². The van der Waals surface area contributed by atoms with Crippen LogP contribution in [0.3, 0.4) is 0 Å². The Morgan fingerprint density at radius 1 is 1.22 bits per heavy atom. The van der Waals surface area contributed by atoms with Crippen molar-refractivity contribution in [3.05, 3.63) is 58.3 Å². The number of hydrogen-bond donors (Lipinski definition) is 1. The molecule has 0 radical (unpaired) electrons. The Morgan fingerprint density at radius 3 is 2.62 bits per heavy atom. The molecule has 0 aliphatic carbocycles. The number of nitrogens with one attached hydrogen (secondary N) is 1. The summed E-state index contributed by atoms with van der Waals surface area (Å²) in [6, 6.07) is 12.0. The molecular formula is C23H22N4O4S. The summed E-state index contributed by atoms with van der Waals surface area (Å²) < 4.78 is 10.7. The van der Waals surface area contributed by atoms with Gasteiger partial charge in [-0.15, -0.1) is 10.2 Å². The quantitative estimate of drug-likeness (QED) is 0.300. The van der Waals surface area contributed by atoms with E-state index < -0.39 is 11.9 Å². The second-order valence-electron chi connectivity index (χ2n) is 7.22. The van der Waals surface area contributed by atoms with Gasteiger partial charge < -0.3 is 9.15 Å². The van der Waals surface area contributed by atoms with Crippen LogP contribution in [0.5, 0.6) is 0 Å². The molecule has 1 aromatic carbocycles. The first kappa shape index (κ1) is 22.9. The number of nitrogens with zero attached hydrogens (tertiary/aromatic N) is 3. The van der Waals surface area contributed by atoms with E-state index in [1.807, 2.05) is 6.07 Å². The molecule has 0 aliphatic rings. The van der Waals surface area contributed by atoms with Crippen molar-refractivity contribution in [2.45, 2.75) is 27.2 Å². The van der Waals surface area contributed by atoms with Crippen molar-refractivity contribution in [2.75, 3.05) is 11.9 Å². The molecule has 1 N–H and O–H groups in total. The van der Waals surface area contributed by atoms with Crippen molar-refractivity contribution in [2.24, 2.45) is 5.92 Å². The maximum Gasteiger partial charge on any atom is 0.338 e. The van der Waals surface area contributed by atoms with E-state index in [-0.39, 0.29) is 5.57 Å². The lowest BCUT2D eigenvalue weighted by Gasteiger charge is -2.02. The van der Waals surface area contributed by atoms with Crippen molar-refractivity contribution in [3.63, 3.8) is 0 Å². The molecular weight excluding hydrogens is 428 g/mol. The predicted octanol–water partition coefficient (Wildman–Crippen LogP) is 4.72. The average molecular weight is 451 g/mol. The van der Waals surface area contributed by atoms with E-state index in [1.54, 1.807) is 43.3 Å². The maximum absolute atomic E-state index is 12.5. The van der Waals surface area contributed by atoms with E-state index in [0.717, 1.165) is 17.0 Å². The molecule has 2 heterocycles. The van der Waals surface area contributed by atoms with Crippen molar-refractivity contribution >= 4 is 34.4 Å². The molecule has 0 atom stereocenters. The highest BCUT2D eigenvalue weighted by atomic mass is 32.1. The van der Waals surface area contributed by atoms with Gasteiger partial charge in [-0.2, -0.15) is 5.26 Å². The number of nitriles is 1. The first-order valence-electron chi connectivity index (χ1n) is 10.0. The first-order chi connectivity index (χ1) is 15.4. The Bertz CT molecular complexity index is 1170. The fraction of sp³-hybridized carbons (Fsp3) is 0.261. The minimum absolute atomic E-state index is 0.121. The zero-order valence-corrected chi connectivity index (χ0v) is 18.7. The molecule has 8 nitrogen and oxygen atoms in total. The smallest absolute Gasteiger partial charge is 0.338 e. The number of hydrogen-bond acceptors (Lipinski definition) is 8. The fourth-order valence-electron chi connectivity index (χ4n) is 2.76. The van der Waals surface area contributed by atoms with Crippen molar-refractivity contribution in [1.29, 1.82) is 5.26 Å². The monoisotopic (exact) mass is 450 g/mol. The first-order valence-corrected chi connectivity index (χ1v) is 10.8. The van der Waals surface area contributed by atoms with Gasteiger partial charge in [-0.05, 0) is 37.1 Å². The topological polar surface area (TPSA) is 118 Å². The molecule has 0 aliphatic heterocycles. The van der Waals surface area contributed by atoms with Gasteiger partial charge in [0, 0.05) is 18.1 Å². The van der Waals surface area contributed by atoms with Gasteiger partial charge in [-0.25, -0.2) is 4.79 Å². The van der Waals surface area contributed by atoms with Gasteiger partial charge in [0.15, 0.2) is 0 Å². The van der Waals surface area contributed by atoms with E-state index in [4.69, 9.17) is 9.15 Å². The van der Waals surface area contributed by atoms with Crippen LogP contribution in [-0.4, -0.2) is 28.7 Å². The van der Waals surface area contributed by atoms with E-state index in [9.17, 15) is 14.9 Å². The standard InChI is InChI=1S/C23H22N4O4S/c1-4-30-22(29)16-7-5-15(6-8-16)19-10-9-18(31-19)12-17(13-24)21(28)25-23-27-26-20(32-23)11-14(2)3/h5-10,12,14H,4,11H2,1-3H3,(H,25,27,28)/b17-12-.